The van der Waals surface area contributed by atoms with Crippen LogP contribution < -0.4 is 21.3 Å². The number of amides is 4. The fourth-order valence-electron chi connectivity index (χ4n) is 7.39. The lowest BCUT2D eigenvalue weighted by atomic mass is 9.81. The van der Waals surface area contributed by atoms with Crippen molar-refractivity contribution in [2.75, 3.05) is 72.5 Å². The number of unbranched alkanes of at least 4 members (excludes halogenated alkanes) is 15. The van der Waals surface area contributed by atoms with Crippen LogP contribution in [0.5, 0.6) is 0 Å². The van der Waals surface area contributed by atoms with Gasteiger partial charge in [-0.25, -0.2) is 4.79 Å². The van der Waals surface area contributed by atoms with Crippen molar-refractivity contribution >= 4 is 41.4 Å². The van der Waals surface area contributed by atoms with E-state index in [1.807, 2.05) is 0 Å². The lowest BCUT2D eigenvalue weighted by Crippen LogP contribution is -2.45. The molecule has 1 rings (SSSR count). The molecule has 1 saturated carbocycles. The Kier molecular flexibility index (Phi) is 37.2. The van der Waals surface area contributed by atoms with E-state index in [-0.39, 0.29) is 93.7 Å². The van der Waals surface area contributed by atoms with E-state index in [2.05, 4.69) is 21.3 Å². The van der Waals surface area contributed by atoms with Crippen molar-refractivity contribution in [1.82, 2.24) is 21.3 Å². The minimum absolute atomic E-state index is 0.0302. The Hall–Kier alpha value is -3.67. The largest absolute Gasteiger partial charge is 0.481 e. The molecule has 0 aromatic heterocycles. The number of carbonyl (C=O) groups is 7. The molecule has 0 radical (unpaired) electrons. The van der Waals surface area contributed by atoms with Crippen molar-refractivity contribution in [2.24, 2.45) is 11.8 Å². The standard InChI is InChI=1S/C47H84N4O13/c1-2-40(52)36-63-33-31-62-30-28-49-44(55)37-64-34-32-61-29-27-48-43(54)26-25-41(47(59)60)51-46(58)39-23-21-38(22-24-39)35-50-42(53)19-17-15-13-11-9-7-5-3-4-6-8-10-12-14-16-18-20-45(56)57/h38-39,41H,2-37H2,1H3,(H,48,54)(H,49,55)(H,50,53)(H,51,58)(H,56,57)(H,59,60). The third kappa shape index (κ3) is 35.7. The van der Waals surface area contributed by atoms with Crippen LogP contribution in [0.4, 0.5) is 0 Å². The minimum Gasteiger partial charge on any atom is -0.481 e. The molecule has 17 nitrogen and oxygen atoms in total. The number of nitrogens with one attached hydrogen (secondary N) is 4. The highest BCUT2D eigenvalue weighted by molar-refractivity contribution is 5.85. The number of carboxylic acid groups (broad SMARTS) is 2. The van der Waals surface area contributed by atoms with Crippen LogP contribution in [-0.4, -0.2) is 130 Å². The molecular formula is C47H84N4O13. The van der Waals surface area contributed by atoms with E-state index in [1.165, 1.54) is 64.2 Å². The maximum absolute atomic E-state index is 12.9. The lowest BCUT2D eigenvalue weighted by Gasteiger charge is -2.28. The second-order valence-electron chi connectivity index (χ2n) is 16.9. The van der Waals surface area contributed by atoms with Crippen LogP contribution in [0.15, 0.2) is 0 Å². The number of rotatable bonds is 44. The van der Waals surface area contributed by atoms with Gasteiger partial charge in [0.25, 0.3) is 0 Å². The van der Waals surface area contributed by atoms with E-state index in [1.54, 1.807) is 6.92 Å². The Bertz CT molecular complexity index is 1280. The zero-order chi connectivity index (χ0) is 46.9. The summed E-state index contributed by atoms with van der Waals surface area (Å²) in [5, 5.41) is 29.4. The minimum atomic E-state index is -1.19. The summed E-state index contributed by atoms with van der Waals surface area (Å²) in [7, 11) is 0. The maximum Gasteiger partial charge on any atom is 0.326 e. The second-order valence-corrected chi connectivity index (χ2v) is 16.9. The van der Waals surface area contributed by atoms with Crippen molar-refractivity contribution < 1.29 is 62.7 Å². The first kappa shape index (κ1) is 58.3. The van der Waals surface area contributed by atoms with E-state index in [0.717, 1.165) is 51.4 Å². The van der Waals surface area contributed by atoms with Crippen LogP contribution >= 0.6 is 0 Å². The van der Waals surface area contributed by atoms with Crippen molar-refractivity contribution in [3.8, 4) is 0 Å². The van der Waals surface area contributed by atoms with Gasteiger partial charge in [0.05, 0.1) is 39.6 Å². The molecule has 370 valence electrons. The van der Waals surface area contributed by atoms with Gasteiger partial charge in [-0.15, -0.1) is 0 Å². The van der Waals surface area contributed by atoms with Gasteiger partial charge in [-0.1, -0.05) is 96.8 Å². The topological polar surface area (TPSA) is 245 Å². The summed E-state index contributed by atoms with van der Waals surface area (Å²) >= 11 is 0. The van der Waals surface area contributed by atoms with Crippen LogP contribution in [0.3, 0.4) is 0 Å². The molecule has 0 heterocycles. The molecule has 0 aromatic carbocycles. The number of hydrogen-bond acceptors (Lipinski definition) is 11. The molecule has 1 aliphatic carbocycles. The van der Waals surface area contributed by atoms with Gasteiger partial charge in [0.2, 0.25) is 23.6 Å². The Balaban J connectivity index is 1.99. The predicted molar refractivity (Wildman–Crippen MR) is 243 cm³/mol. The molecule has 0 bridgehead atoms. The smallest absolute Gasteiger partial charge is 0.326 e. The van der Waals surface area contributed by atoms with Gasteiger partial charge in [-0.2, -0.15) is 0 Å². The Labute approximate surface area is 382 Å². The average Bonchev–Trinajstić information content (AvgIpc) is 3.28. The first-order valence-corrected chi connectivity index (χ1v) is 24.4. The summed E-state index contributed by atoms with van der Waals surface area (Å²) < 4.78 is 21.2. The van der Waals surface area contributed by atoms with Crippen molar-refractivity contribution in [3.63, 3.8) is 0 Å². The fourth-order valence-corrected chi connectivity index (χ4v) is 7.39. The quantitative estimate of drug-likeness (QED) is 0.0406. The molecule has 4 amide bonds. The molecule has 17 heteroatoms. The van der Waals surface area contributed by atoms with Crippen LogP contribution in [0.25, 0.3) is 0 Å². The van der Waals surface area contributed by atoms with Crippen LogP contribution in [0.2, 0.25) is 0 Å². The number of Topliss-reactive ketones (excluding diaryl/α,β-unsaturated/α-hetero) is 1. The maximum atomic E-state index is 12.9. The number of ketones is 1. The molecule has 1 aliphatic rings. The molecule has 1 fully saturated rings. The third-order valence-electron chi connectivity index (χ3n) is 11.4. The van der Waals surface area contributed by atoms with Gasteiger partial charge >= 0.3 is 11.9 Å². The summed E-state index contributed by atoms with van der Waals surface area (Å²) in [6.07, 6.45) is 22.7. The number of aliphatic carboxylic acids is 2. The molecule has 0 spiro atoms. The Morgan fingerprint density at radius 2 is 0.969 bits per heavy atom. The predicted octanol–water partition coefficient (Wildman–Crippen LogP) is 5.64. The van der Waals surface area contributed by atoms with Crippen molar-refractivity contribution in [3.05, 3.63) is 0 Å². The summed E-state index contributed by atoms with van der Waals surface area (Å²) in [4.78, 5) is 83.1. The fraction of sp³-hybridized carbons (Fsp3) is 0.851. The summed E-state index contributed by atoms with van der Waals surface area (Å²) in [6.45, 7) is 4.34. The molecule has 0 aliphatic heterocycles. The molecule has 1 atom stereocenters. The zero-order valence-electron chi connectivity index (χ0n) is 39.1. The monoisotopic (exact) mass is 913 g/mol. The van der Waals surface area contributed by atoms with E-state index in [4.69, 9.17) is 24.1 Å². The zero-order valence-corrected chi connectivity index (χ0v) is 39.1. The SMILES string of the molecule is CCC(=O)COCCOCCNC(=O)COCCOCCNC(=O)CCC(NC(=O)C1CCC(CNC(=O)CCCCCCCCCCCCCCCCCCC(=O)O)CC1)C(=O)O. The van der Waals surface area contributed by atoms with Crippen LogP contribution in [-0.2, 0) is 52.5 Å². The molecule has 6 N–H and O–H groups in total. The number of carbonyl (C=O) groups excluding carboxylic acids is 5. The van der Waals surface area contributed by atoms with Crippen LogP contribution in [0, 0.1) is 11.8 Å². The molecule has 0 aromatic rings. The average molecular weight is 913 g/mol. The number of ether oxygens (including phenoxy) is 4. The first-order chi connectivity index (χ1) is 31.0. The van der Waals surface area contributed by atoms with Gasteiger partial charge in [-0.3, -0.25) is 28.8 Å². The van der Waals surface area contributed by atoms with Gasteiger partial charge in [0.15, 0.2) is 5.78 Å². The van der Waals surface area contributed by atoms with Gasteiger partial charge in [0, 0.05) is 51.2 Å². The third-order valence-corrected chi connectivity index (χ3v) is 11.4. The summed E-state index contributed by atoms with van der Waals surface area (Å²) in [6, 6.07) is -1.18. The lowest BCUT2D eigenvalue weighted by molar-refractivity contribution is -0.143. The van der Waals surface area contributed by atoms with E-state index < -0.39 is 18.0 Å². The highest BCUT2D eigenvalue weighted by atomic mass is 16.5. The highest BCUT2D eigenvalue weighted by Gasteiger charge is 2.30. The highest BCUT2D eigenvalue weighted by Crippen LogP contribution is 2.29. The molecular weight excluding hydrogens is 829 g/mol. The summed E-state index contributed by atoms with van der Waals surface area (Å²) in [5.74, 6) is -2.77. The van der Waals surface area contributed by atoms with Crippen molar-refractivity contribution in [2.45, 2.75) is 173 Å². The van der Waals surface area contributed by atoms with E-state index in [9.17, 15) is 38.7 Å². The van der Waals surface area contributed by atoms with Gasteiger partial charge in [0.1, 0.15) is 19.3 Å². The second kappa shape index (κ2) is 40.8. The van der Waals surface area contributed by atoms with Crippen molar-refractivity contribution in [1.29, 1.82) is 0 Å². The molecule has 1 unspecified atom stereocenters. The normalized spacial score (nSPS) is 15.3. The number of carboxylic acids is 2. The molecule has 0 saturated heterocycles. The first-order valence-electron chi connectivity index (χ1n) is 24.4. The Morgan fingerprint density at radius 3 is 1.47 bits per heavy atom. The van der Waals surface area contributed by atoms with E-state index >= 15 is 0 Å². The van der Waals surface area contributed by atoms with E-state index in [0.29, 0.717) is 65.0 Å². The summed E-state index contributed by atoms with van der Waals surface area (Å²) in [5.41, 5.74) is 0. The number of hydrogen-bond donors (Lipinski definition) is 6. The van der Waals surface area contributed by atoms with Crippen LogP contribution in [0.1, 0.15) is 167 Å². The van der Waals surface area contributed by atoms with Gasteiger partial charge in [-0.05, 0) is 50.9 Å². The molecule has 64 heavy (non-hydrogen) atoms. The van der Waals surface area contributed by atoms with Gasteiger partial charge < -0.3 is 50.4 Å². The Morgan fingerprint density at radius 1 is 0.516 bits per heavy atom.